The zero-order valence-electron chi connectivity index (χ0n) is 17.3. The number of rotatable bonds is 7. The van der Waals surface area contributed by atoms with Crippen molar-refractivity contribution in [2.75, 3.05) is 13.1 Å². The zero-order chi connectivity index (χ0) is 19.8. The van der Waals surface area contributed by atoms with Gasteiger partial charge in [0, 0.05) is 32.6 Å². The minimum Gasteiger partial charge on any atom is -0.357 e. The third-order valence-electron chi connectivity index (χ3n) is 5.01. The van der Waals surface area contributed by atoms with Gasteiger partial charge in [-0.15, -0.1) is 24.0 Å². The molecule has 1 amide bonds. The molecule has 0 unspecified atom stereocenters. The second kappa shape index (κ2) is 11.8. The fraction of sp³-hybridized carbons (Fsp3) is 0.391. The summed E-state index contributed by atoms with van der Waals surface area (Å²) in [5.74, 6) is 1.07. The van der Waals surface area contributed by atoms with Gasteiger partial charge in [0.1, 0.15) is 0 Å². The molecule has 2 N–H and O–H groups in total. The average molecular weight is 506 g/mol. The van der Waals surface area contributed by atoms with Crippen LogP contribution in [0.25, 0.3) is 0 Å². The molecular weight excluding hydrogens is 475 g/mol. The summed E-state index contributed by atoms with van der Waals surface area (Å²) in [6, 6.07) is 16.7. The average Bonchev–Trinajstić information content (AvgIpc) is 3.10. The molecule has 0 aromatic heterocycles. The van der Waals surface area contributed by atoms with E-state index in [-0.39, 0.29) is 29.9 Å². The molecule has 0 saturated carbocycles. The highest BCUT2D eigenvalue weighted by Crippen LogP contribution is 2.15. The number of amides is 1. The van der Waals surface area contributed by atoms with Crippen molar-refractivity contribution in [2.24, 2.45) is 4.99 Å². The standard InChI is InChI=1S/C23H30N4O.HI/c1-3-24-23(26-16-21-11-5-4-8-18(21)2)25-15-19-9-6-10-20(14-19)17-27-13-7-12-22(27)28;/h4-6,8-11,14H,3,7,12-13,15-17H2,1-2H3,(H2,24,25,26);1H. The summed E-state index contributed by atoms with van der Waals surface area (Å²) in [5, 5.41) is 6.72. The largest absolute Gasteiger partial charge is 0.357 e. The monoisotopic (exact) mass is 506 g/mol. The number of nitrogens with one attached hydrogen (secondary N) is 2. The first-order valence-corrected chi connectivity index (χ1v) is 10.1. The lowest BCUT2D eigenvalue weighted by atomic mass is 10.1. The van der Waals surface area contributed by atoms with Crippen molar-refractivity contribution >= 4 is 35.8 Å². The summed E-state index contributed by atoms with van der Waals surface area (Å²) in [7, 11) is 0. The van der Waals surface area contributed by atoms with E-state index in [9.17, 15) is 4.79 Å². The molecule has 1 fully saturated rings. The van der Waals surface area contributed by atoms with E-state index in [4.69, 9.17) is 4.99 Å². The summed E-state index contributed by atoms with van der Waals surface area (Å²) in [4.78, 5) is 18.5. The van der Waals surface area contributed by atoms with Gasteiger partial charge in [-0.05, 0) is 42.5 Å². The normalized spacial score (nSPS) is 13.9. The Morgan fingerprint density at radius 1 is 1.10 bits per heavy atom. The van der Waals surface area contributed by atoms with E-state index in [0.717, 1.165) is 37.6 Å². The van der Waals surface area contributed by atoms with Crippen molar-refractivity contribution in [1.29, 1.82) is 0 Å². The molecule has 0 bridgehead atoms. The van der Waals surface area contributed by atoms with Crippen LogP contribution in [-0.4, -0.2) is 29.9 Å². The zero-order valence-corrected chi connectivity index (χ0v) is 19.6. The van der Waals surface area contributed by atoms with E-state index in [1.807, 2.05) is 4.90 Å². The van der Waals surface area contributed by atoms with E-state index in [1.54, 1.807) is 0 Å². The molecule has 156 valence electrons. The Kier molecular flexibility index (Phi) is 9.44. The van der Waals surface area contributed by atoms with Crippen LogP contribution in [0.15, 0.2) is 53.5 Å². The molecule has 6 heteroatoms. The first-order chi connectivity index (χ1) is 13.7. The highest BCUT2D eigenvalue weighted by molar-refractivity contribution is 14.0. The number of likely N-dealkylation sites (tertiary alicyclic amines) is 1. The molecule has 1 aliphatic rings. The maximum atomic E-state index is 11.9. The number of guanidine groups is 1. The molecule has 0 atom stereocenters. The number of aliphatic imine (C=N–C) groups is 1. The molecule has 3 rings (SSSR count). The first-order valence-electron chi connectivity index (χ1n) is 10.1. The molecule has 2 aromatic carbocycles. The number of benzene rings is 2. The maximum absolute atomic E-state index is 11.9. The second-order valence-electron chi connectivity index (χ2n) is 7.21. The number of nitrogens with zero attached hydrogens (tertiary/aromatic N) is 2. The Hall–Kier alpha value is -2.09. The van der Waals surface area contributed by atoms with Gasteiger partial charge in [0.05, 0.1) is 6.54 Å². The summed E-state index contributed by atoms with van der Waals surface area (Å²) in [6.45, 7) is 7.92. The predicted molar refractivity (Wildman–Crippen MR) is 129 cm³/mol. The summed E-state index contributed by atoms with van der Waals surface area (Å²) < 4.78 is 0. The van der Waals surface area contributed by atoms with Crippen molar-refractivity contribution in [1.82, 2.24) is 15.5 Å². The van der Waals surface area contributed by atoms with Crippen molar-refractivity contribution in [3.8, 4) is 0 Å². The van der Waals surface area contributed by atoms with E-state index in [1.165, 1.54) is 16.7 Å². The smallest absolute Gasteiger partial charge is 0.222 e. The van der Waals surface area contributed by atoms with Crippen LogP contribution in [0.4, 0.5) is 0 Å². The van der Waals surface area contributed by atoms with Crippen LogP contribution in [-0.2, 0) is 24.4 Å². The third-order valence-corrected chi connectivity index (χ3v) is 5.01. The number of carbonyl (C=O) groups is 1. The predicted octanol–water partition coefficient (Wildman–Crippen LogP) is 3.99. The van der Waals surface area contributed by atoms with Crippen LogP contribution in [0.5, 0.6) is 0 Å². The van der Waals surface area contributed by atoms with E-state index >= 15 is 0 Å². The van der Waals surface area contributed by atoms with Gasteiger partial charge in [0.2, 0.25) is 5.91 Å². The first kappa shape index (κ1) is 23.2. The van der Waals surface area contributed by atoms with Crippen LogP contribution in [0.2, 0.25) is 0 Å². The van der Waals surface area contributed by atoms with Gasteiger partial charge in [0.25, 0.3) is 0 Å². The molecule has 1 saturated heterocycles. The minimum absolute atomic E-state index is 0. The fourth-order valence-corrected chi connectivity index (χ4v) is 3.42. The highest BCUT2D eigenvalue weighted by Gasteiger charge is 2.19. The second-order valence-corrected chi connectivity index (χ2v) is 7.21. The SMILES string of the molecule is CCNC(=NCc1cccc(CN2CCCC2=O)c1)NCc1ccccc1C.I. The third kappa shape index (κ3) is 7.03. The van der Waals surface area contributed by atoms with E-state index in [2.05, 4.69) is 73.0 Å². The Morgan fingerprint density at radius 3 is 2.62 bits per heavy atom. The van der Waals surface area contributed by atoms with Crippen LogP contribution in [0, 0.1) is 6.92 Å². The Balaban J connectivity index is 0.00000300. The Morgan fingerprint density at radius 2 is 1.90 bits per heavy atom. The molecule has 0 aliphatic carbocycles. The molecule has 1 aliphatic heterocycles. The van der Waals surface area contributed by atoms with Gasteiger partial charge in [-0.1, -0.05) is 48.5 Å². The van der Waals surface area contributed by atoms with Crippen molar-refractivity contribution in [3.63, 3.8) is 0 Å². The lowest BCUT2D eigenvalue weighted by Crippen LogP contribution is -2.36. The number of carbonyl (C=O) groups excluding carboxylic acids is 1. The van der Waals surface area contributed by atoms with Crippen molar-refractivity contribution in [3.05, 3.63) is 70.8 Å². The quantitative estimate of drug-likeness (QED) is 0.339. The molecule has 2 aromatic rings. The molecule has 29 heavy (non-hydrogen) atoms. The molecular formula is C23H31IN4O. The molecule has 1 heterocycles. The summed E-state index contributed by atoms with van der Waals surface area (Å²) in [6.07, 6.45) is 1.66. The highest BCUT2D eigenvalue weighted by atomic mass is 127. The Labute approximate surface area is 191 Å². The lowest BCUT2D eigenvalue weighted by Gasteiger charge is -2.16. The van der Waals surface area contributed by atoms with Gasteiger partial charge in [-0.2, -0.15) is 0 Å². The summed E-state index contributed by atoms with van der Waals surface area (Å²) >= 11 is 0. The topological polar surface area (TPSA) is 56.7 Å². The number of hydrogen-bond donors (Lipinski definition) is 2. The number of aryl methyl sites for hydroxylation is 1. The van der Waals surface area contributed by atoms with Crippen LogP contribution in [0.3, 0.4) is 0 Å². The van der Waals surface area contributed by atoms with Gasteiger partial charge in [-0.25, -0.2) is 4.99 Å². The fourth-order valence-electron chi connectivity index (χ4n) is 3.42. The van der Waals surface area contributed by atoms with E-state index < -0.39 is 0 Å². The minimum atomic E-state index is 0. The van der Waals surface area contributed by atoms with Gasteiger partial charge in [-0.3, -0.25) is 4.79 Å². The maximum Gasteiger partial charge on any atom is 0.222 e. The molecule has 0 radical (unpaired) electrons. The number of halogens is 1. The van der Waals surface area contributed by atoms with Crippen LogP contribution < -0.4 is 10.6 Å². The molecule has 5 nitrogen and oxygen atoms in total. The van der Waals surface area contributed by atoms with Gasteiger partial charge in [0.15, 0.2) is 5.96 Å². The Bertz CT molecular complexity index is 837. The van der Waals surface area contributed by atoms with Crippen LogP contribution >= 0.6 is 24.0 Å². The van der Waals surface area contributed by atoms with Gasteiger partial charge >= 0.3 is 0 Å². The van der Waals surface area contributed by atoms with Crippen molar-refractivity contribution in [2.45, 2.75) is 46.3 Å². The number of hydrogen-bond acceptors (Lipinski definition) is 2. The summed E-state index contributed by atoms with van der Waals surface area (Å²) in [5.41, 5.74) is 4.86. The van der Waals surface area contributed by atoms with Crippen molar-refractivity contribution < 1.29 is 4.79 Å². The van der Waals surface area contributed by atoms with E-state index in [0.29, 0.717) is 19.5 Å². The molecule has 0 spiro atoms. The lowest BCUT2D eigenvalue weighted by molar-refractivity contribution is -0.128. The van der Waals surface area contributed by atoms with Crippen LogP contribution in [0.1, 0.15) is 42.0 Å². The van der Waals surface area contributed by atoms with Gasteiger partial charge < -0.3 is 15.5 Å².